The first-order chi connectivity index (χ1) is 14.0. The number of aliphatic hydroxyl groups is 3. The molecule has 0 spiro atoms. The third-order valence-corrected chi connectivity index (χ3v) is 6.55. The van der Waals surface area contributed by atoms with E-state index in [0.717, 1.165) is 15.0 Å². The molecule has 0 amide bonds. The lowest BCUT2D eigenvalue weighted by Crippen LogP contribution is -2.55. The number of thiophene rings is 1. The van der Waals surface area contributed by atoms with Crippen molar-refractivity contribution >= 4 is 21.4 Å². The van der Waals surface area contributed by atoms with Gasteiger partial charge in [0.15, 0.2) is 5.79 Å². The van der Waals surface area contributed by atoms with Crippen molar-refractivity contribution in [1.82, 2.24) is 0 Å². The van der Waals surface area contributed by atoms with E-state index in [1.54, 1.807) is 23.5 Å². The van der Waals surface area contributed by atoms with Gasteiger partial charge in [-0.3, -0.25) is 0 Å². The van der Waals surface area contributed by atoms with Crippen LogP contribution in [0.5, 0.6) is 0 Å². The summed E-state index contributed by atoms with van der Waals surface area (Å²) >= 11 is 1.62. The minimum atomic E-state index is -1.38. The minimum absolute atomic E-state index is 0.0326. The van der Waals surface area contributed by atoms with Crippen molar-refractivity contribution in [1.29, 1.82) is 0 Å². The Kier molecular flexibility index (Phi) is 5.70. The molecule has 29 heavy (non-hydrogen) atoms. The highest BCUT2D eigenvalue weighted by atomic mass is 32.1. The van der Waals surface area contributed by atoms with Gasteiger partial charge in [0.1, 0.15) is 18.0 Å². The SMILES string of the molecule is COC1(c2ccc(F)c(Cc3cc4ccccc4s3)c2)CC(O)[C@H](O)C(CO)O1. The van der Waals surface area contributed by atoms with Crippen molar-refractivity contribution in [3.8, 4) is 0 Å². The van der Waals surface area contributed by atoms with Gasteiger partial charge in [0.2, 0.25) is 0 Å². The summed E-state index contributed by atoms with van der Waals surface area (Å²) in [6, 6.07) is 14.6. The molecule has 4 rings (SSSR count). The van der Waals surface area contributed by atoms with Crippen molar-refractivity contribution in [3.63, 3.8) is 0 Å². The monoisotopic (exact) mass is 418 g/mol. The maximum atomic E-state index is 14.6. The molecule has 1 saturated heterocycles. The largest absolute Gasteiger partial charge is 0.394 e. The number of benzene rings is 2. The number of aliphatic hydroxyl groups excluding tert-OH is 3. The predicted octanol–water partition coefficient (Wildman–Crippen LogP) is 2.93. The molecule has 1 aliphatic heterocycles. The molecule has 154 valence electrons. The highest BCUT2D eigenvalue weighted by molar-refractivity contribution is 7.19. The van der Waals surface area contributed by atoms with Gasteiger partial charge in [-0.1, -0.05) is 24.3 Å². The maximum absolute atomic E-state index is 14.6. The quantitative estimate of drug-likeness (QED) is 0.594. The van der Waals surface area contributed by atoms with Crippen molar-refractivity contribution in [2.45, 2.75) is 36.9 Å². The zero-order chi connectivity index (χ0) is 20.6. The average molecular weight is 418 g/mol. The Morgan fingerprint density at radius 3 is 2.72 bits per heavy atom. The lowest BCUT2D eigenvalue weighted by Gasteiger charge is -2.44. The van der Waals surface area contributed by atoms with Crippen LogP contribution < -0.4 is 0 Å². The number of methoxy groups -OCH3 is 1. The summed E-state index contributed by atoms with van der Waals surface area (Å²) in [5, 5.41) is 30.9. The van der Waals surface area contributed by atoms with Crippen LogP contribution in [0.25, 0.3) is 10.1 Å². The molecule has 0 aliphatic carbocycles. The fourth-order valence-electron chi connectivity index (χ4n) is 3.85. The van der Waals surface area contributed by atoms with Crippen LogP contribution in [-0.4, -0.2) is 47.3 Å². The van der Waals surface area contributed by atoms with Gasteiger partial charge in [-0.25, -0.2) is 4.39 Å². The van der Waals surface area contributed by atoms with E-state index in [9.17, 15) is 19.7 Å². The second kappa shape index (κ2) is 8.10. The molecule has 3 aromatic rings. The van der Waals surface area contributed by atoms with Gasteiger partial charge in [-0.05, 0) is 35.2 Å². The van der Waals surface area contributed by atoms with Crippen molar-refractivity contribution < 1.29 is 29.2 Å². The van der Waals surface area contributed by atoms with Crippen LogP contribution in [0.15, 0.2) is 48.5 Å². The molecule has 3 unspecified atom stereocenters. The Hall–Kier alpha value is -1.87. The van der Waals surface area contributed by atoms with Gasteiger partial charge in [-0.2, -0.15) is 0 Å². The fraction of sp³-hybridized carbons (Fsp3) is 0.364. The second-order valence-electron chi connectivity index (χ2n) is 7.29. The Morgan fingerprint density at radius 2 is 2.00 bits per heavy atom. The molecule has 0 saturated carbocycles. The maximum Gasteiger partial charge on any atom is 0.197 e. The fourth-order valence-corrected chi connectivity index (χ4v) is 4.93. The summed E-state index contributed by atoms with van der Waals surface area (Å²) in [5.74, 6) is -1.72. The van der Waals surface area contributed by atoms with Gasteiger partial charge < -0.3 is 24.8 Å². The molecule has 7 heteroatoms. The van der Waals surface area contributed by atoms with Crippen molar-refractivity contribution in [2.75, 3.05) is 13.7 Å². The number of hydrogen-bond acceptors (Lipinski definition) is 6. The molecule has 4 atom stereocenters. The van der Waals surface area contributed by atoms with Crippen molar-refractivity contribution in [3.05, 3.63) is 70.4 Å². The Bertz CT molecular complexity index is 973. The summed E-state index contributed by atoms with van der Waals surface area (Å²) < 4.78 is 27.1. The molecular weight excluding hydrogens is 395 g/mol. The smallest absolute Gasteiger partial charge is 0.197 e. The Balaban J connectivity index is 1.68. The Labute approximate surface area is 171 Å². The molecule has 3 N–H and O–H groups in total. The van der Waals surface area contributed by atoms with Gasteiger partial charge >= 0.3 is 0 Å². The summed E-state index contributed by atoms with van der Waals surface area (Å²) in [6.45, 7) is -0.473. The van der Waals surface area contributed by atoms with Crippen LogP contribution in [0, 0.1) is 5.82 Å². The first-order valence-electron chi connectivity index (χ1n) is 9.42. The van der Waals surface area contributed by atoms with Crippen LogP contribution in [0.1, 0.15) is 22.4 Å². The number of ether oxygens (including phenoxy) is 2. The van der Waals surface area contributed by atoms with E-state index in [0.29, 0.717) is 17.5 Å². The number of fused-ring (bicyclic) bond motifs is 1. The molecule has 1 fully saturated rings. The third kappa shape index (κ3) is 3.82. The molecule has 1 aliphatic rings. The van der Waals surface area contributed by atoms with E-state index in [-0.39, 0.29) is 12.2 Å². The van der Waals surface area contributed by atoms with Gasteiger partial charge in [0, 0.05) is 35.1 Å². The first kappa shape index (κ1) is 20.4. The van der Waals surface area contributed by atoms with E-state index in [1.807, 2.05) is 24.3 Å². The molecule has 2 heterocycles. The van der Waals surface area contributed by atoms with E-state index in [1.165, 1.54) is 13.2 Å². The highest BCUT2D eigenvalue weighted by Crippen LogP contribution is 2.39. The average Bonchev–Trinajstić information content (AvgIpc) is 3.14. The summed E-state index contributed by atoms with van der Waals surface area (Å²) in [5.41, 5.74) is 1.01. The lowest BCUT2D eigenvalue weighted by atomic mass is 9.89. The van der Waals surface area contributed by atoms with E-state index < -0.39 is 30.7 Å². The number of rotatable bonds is 5. The lowest BCUT2D eigenvalue weighted by molar-refractivity contribution is -0.323. The van der Waals surface area contributed by atoms with Gasteiger partial charge in [0.05, 0.1) is 12.7 Å². The standard InChI is InChI=1S/C22H23FO5S/c1-27-22(11-18(25)21(26)19(12-24)28-22)15-6-7-17(23)14(8-15)10-16-9-13-4-2-3-5-20(13)29-16/h2-9,18-19,21,24-26H,10-12H2,1H3/t18?,19?,21-,22?/m0/s1. The van der Waals surface area contributed by atoms with E-state index in [4.69, 9.17) is 9.47 Å². The first-order valence-corrected chi connectivity index (χ1v) is 10.2. The topological polar surface area (TPSA) is 79.2 Å². The second-order valence-corrected chi connectivity index (χ2v) is 8.46. The normalized spacial score (nSPS) is 27.4. The van der Waals surface area contributed by atoms with Gasteiger partial charge in [-0.15, -0.1) is 11.3 Å². The zero-order valence-electron chi connectivity index (χ0n) is 15.9. The van der Waals surface area contributed by atoms with E-state index in [2.05, 4.69) is 6.07 Å². The van der Waals surface area contributed by atoms with Crippen LogP contribution in [-0.2, 0) is 21.7 Å². The highest BCUT2D eigenvalue weighted by Gasteiger charge is 2.47. The van der Waals surface area contributed by atoms with Gasteiger partial charge in [0.25, 0.3) is 0 Å². The van der Waals surface area contributed by atoms with Crippen LogP contribution in [0.2, 0.25) is 0 Å². The third-order valence-electron chi connectivity index (χ3n) is 5.43. The summed E-state index contributed by atoms with van der Waals surface area (Å²) in [6.07, 6.45) is -2.99. The molecular formula is C22H23FO5S. The summed E-state index contributed by atoms with van der Waals surface area (Å²) in [4.78, 5) is 1.03. The number of hydrogen-bond donors (Lipinski definition) is 3. The van der Waals surface area contributed by atoms with E-state index >= 15 is 0 Å². The van der Waals surface area contributed by atoms with Crippen LogP contribution in [0.3, 0.4) is 0 Å². The number of halogens is 1. The Morgan fingerprint density at radius 1 is 1.21 bits per heavy atom. The molecule has 0 radical (unpaired) electrons. The van der Waals surface area contributed by atoms with Crippen LogP contribution >= 0.6 is 11.3 Å². The summed E-state index contributed by atoms with van der Waals surface area (Å²) in [7, 11) is 1.42. The zero-order valence-corrected chi connectivity index (χ0v) is 16.7. The predicted molar refractivity (Wildman–Crippen MR) is 108 cm³/mol. The van der Waals surface area contributed by atoms with Crippen molar-refractivity contribution in [2.24, 2.45) is 0 Å². The molecule has 2 aromatic carbocycles. The minimum Gasteiger partial charge on any atom is -0.394 e. The van der Waals surface area contributed by atoms with Crippen LogP contribution in [0.4, 0.5) is 4.39 Å². The molecule has 0 bridgehead atoms. The molecule has 5 nitrogen and oxygen atoms in total. The molecule has 1 aromatic heterocycles.